The summed E-state index contributed by atoms with van der Waals surface area (Å²) in [5.74, 6) is 0.616. The van der Waals surface area contributed by atoms with Gasteiger partial charge in [0.25, 0.3) is 0 Å². The number of halogens is 1. The number of nitrogens with zero attached hydrogens (tertiary/aromatic N) is 1. The van der Waals surface area contributed by atoms with Gasteiger partial charge in [-0.05, 0) is 18.2 Å². The fourth-order valence-corrected chi connectivity index (χ4v) is 1.48. The first-order chi connectivity index (χ1) is 8.65. The third-order valence-corrected chi connectivity index (χ3v) is 2.25. The average Bonchev–Trinajstić information content (AvgIpc) is 2.33. The summed E-state index contributed by atoms with van der Waals surface area (Å²) < 4.78 is 10.5. The molecule has 0 atom stereocenters. The molecule has 0 bridgehead atoms. The third kappa shape index (κ3) is 3.21. The van der Waals surface area contributed by atoms with Gasteiger partial charge >= 0.3 is 5.97 Å². The van der Waals surface area contributed by atoms with Gasteiger partial charge in [0.05, 0.1) is 0 Å². The van der Waals surface area contributed by atoms with Crippen LogP contribution in [0.4, 0.5) is 0 Å². The molecule has 0 N–H and O–H groups in total. The molecule has 5 heteroatoms. The Balaban J connectivity index is 2.29. The number of pyridine rings is 1. The largest absolute Gasteiger partial charge is 0.435 e. The molecule has 0 saturated heterocycles. The Kier molecular flexibility index (Phi) is 3.79. The lowest BCUT2D eigenvalue weighted by Gasteiger charge is -2.09. The van der Waals surface area contributed by atoms with Crippen molar-refractivity contribution in [3.63, 3.8) is 0 Å². The second-order valence-corrected chi connectivity index (χ2v) is 3.89. The van der Waals surface area contributed by atoms with E-state index in [1.54, 1.807) is 36.5 Å². The lowest BCUT2D eigenvalue weighted by Crippen LogP contribution is -2.03. The lowest BCUT2D eigenvalue weighted by molar-refractivity contribution is -0.131. The molecule has 2 rings (SSSR count). The molecule has 4 nitrogen and oxygen atoms in total. The number of carbonyl (C=O) groups excluding carboxylic acids is 1. The van der Waals surface area contributed by atoms with Gasteiger partial charge in [0.15, 0.2) is 11.5 Å². The first kappa shape index (κ1) is 12.4. The van der Waals surface area contributed by atoms with Crippen molar-refractivity contribution in [3.05, 3.63) is 47.6 Å². The van der Waals surface area contributed by atoms with E-state index >= 15 is 0 Å². The molecule has 0 unspecified atom stereocenters. The van der Waals surface area contributed by atoms with Crippen LogP contribution in [-0.4, -0.2) is 11.0 Å². The molecule has 0 radical (unpaired) electrons. The van der Waals surface area contributed by atoms with Crippen molar-refractivity contribution in [2.24, 2.45) is 0 Å². The maximum Gasteiger partial charge on any atom is 0.308 e. The highest BCUT2D eigenvalue weighted by Crippen LogP contribution is 2.33. The van der Waals surface area contributed by atoms with E-state index in [2.05, 4.69) is 4.98 Å². The highest BCUT2D eigenvalue weighted by atomic mass is 35.5. The predicted octanol–water partition coefficient (Wildman–Crippen LogP) is 3.45. The van der Waals surface area contributed by atoms with E-state index in [4.69, 9.17) is 21.1 Å². The van der Waals surface area contributed by atoms with Crippen LogP contribution in [-0.2, 0) is 4.79 Å². The standard InChI is InChI=1S/C13H10ClNO3/c1-9(16)17-12-8-10(14)5-6-11(12)18-13-4-2-3-7-15-13/h2-8H,1H3. The molecule has 1 aromatic heterocycles. The van der Waals surface area contributed by atoms with Crippen LogP contribution in [0.1, 0.15) is 6.92 Å². The quantitative estimate of drug-likeness (QED) is 0.629. The molecule has 1 heterocycles. The molecule has 0 aliphatic heterocycles. The van der Waals surface area contributed by atoms with Crippen molar-refractivity contribution in [2.45, 2.75) is 6.92 Å². The van der Waals surface area contributed by atoms with Gasteiger partial charge in [-0.25, -0.2) is 4.98 Å². The molecule has 18 heavy (non-hydrogen) atoms. The van der Waals surface area contributed by atoms with E-state index in [1.165, 1.54) is 13.0 Å². The Hall–Kier alpha value is -2.07. The van der Waals surface area contributed by atoms with E-state index in [1.807, 2.05) is 0 Å². The van der Waals surface area contributed by atoms with Crippen LogP contribution in [0.15, 0.2) is 42.6 Å². The van der Waals surface area contributed by atoms with Gasteiger partial charge in [0.1, 0.15) is 0 Å². The molecular weight excluding hydrogens is 254 g/mol. The zero-order chi connectivity index (χ0) is 13.0. The van der Waals surface area contributed by atoms with E-state index < -0.39 is 5.97 Å². The highest BCUT2D eigenvalue weighted by Gasteiger charge is 2.10. The Morgan fingerprint density at radius 3 is 2.72 bits per heavy atom. The summed E-state index contributed by atoms with van der Waals surface area (Å²) in [5.41, 5.74) is 0. The minimum atomic E-state index is -0.442. The normalized spacial score (nSPS) is 9.89. The fourth-order valence-electron chi connectivity index (χ4n) is 1.32. The molecule has 0 saturated carbocycles. The van der Waals surface area contributed by atoms with Crippen LogP contribution in [0.3, 0.4) is 0 Å². The smallest absolute Gasteiger partial charge is 0.308 e. The van der Waals surface area contributed by atoms with Gasteiger partial charge in [0.2, 0.25) is 5.88 Å². The van der Waals surface area contributed by atoms with Crippen molar-refractivity contribution in [2.75, 3.05) is 0 Å². The Morgan fingerprint density at radius 1 is 1.22 bits per heavy atom. The van der Waals surface area contributed by atoms with Crippen molar-refractivity contribution in [1.29, 1.82) is 0 Å². The second kappa shape index (κ2) is 5.51. The average molecular weight is 264 g/mol. The SMILES string of the molecule is CC(=O)Oc1cc(Cl)ccc1Oc1ccccn1. The van der Waals surface area contributed by atoms with Gasteiger partial charge in [0, 0.05) is 30.3 Å². The van der Waals surface area contributed by atoms with Crippen LogP contribution in [0.5, 0.6) is 17.4 Å². The zero-order valence-electron chi connectivity index (χ0n) is 9.59. The van der Waals surface area contributed by atoms with Crippen LogP contribution in [0.25, 0.3) is 0 Å². The molecule has 92 valence electrons. The Morgan fingerprint density at radius 2 is 2.06 bits per heavy atom. The summed E-state index contributed by atoms with van der Waals surface area (Å²) in [4.78, 5) is 15.0. The van der Waals surface area contributed by atoms with Crippen LogP contribution in [0.2, 0.25) is 5.02 Å². The molecule has 1 aromatic carbocycles. The third-order valence-electron chi connectivity index (χ3n) is 2.01. The molecule has 0 amide bonds. The maximum absolute atomic E-state index is 11.0. The first-order valence-electron chi connectivity index (χ1n) is 5.22. The minimum Gasteiger partial charge on any atom is -0.435 e. The first-order valence-corrected chi connectivity index (χ1v) is 5.60. The number of hydrogen-bond donors (Lipinski definition) is 0. The number of ether oxygens (including phenoxy) is 2. The Bertz CT molecular complexity index is 557. The number of carbonyl (C=O) groups is 1. The number of aromatic nitrogens is 1. The molecule has 0 spiro atoms. The van der Waals surface area contributed by atoms with E-state index in [0.29, 0.717) is 16.7 Å². The maximum atomic E-state index is 11.0. The van der Waals surface area contributed by atoms with Gasteiger partial charge < -0.3 is 9.47 Å². The van der Waals surface area contributed by atoms with Gasteiger partial charge in [-0.15, -0.1) is 0 Å². The molecule has 0 aliphatic carbocycles. The van der Waals surface area contributed by atoms with Crippen molar-refractivity contribution >= 4 is 17.6 Å². The Labute approximate surface area is 109 Å². The molecule has 2 aromatic rings. The summed E-state index contributed by atoms with van der Waals surface area (Å²) >= 11 is 5.84. The van der Waals surface area contributed by atoms with E-state index in [9.17, 15) is 4.79 Å². The number of hydrogen-bond acceptors (Lipinski definition) is 4. The molecule has 0 fully saturated rings. The van der Waals surface area contributed by atoms with Crippen LogP contribution >= 0.6 is 11.6 Å². The summed E-state index contributed by atoms with van der Waals surface area (Å²) in [7, 11) is 0. The fraction of sp³-hybridized carbons (Fsp3) is 0.0769. The van der Waals surface area contributed by atoms with E-state index in [0.717, 1.165) is 0 Å². The van der Waals surface area contributed by atoms with Crippen LogP contribution in [0, 0.1) is 0 Å². The van der Waals surface area contributed by atoms with Crippen molar-refractivity contribution in [1.82, 2.24) is 4.98 Å². The summed E-state index contributed by atoms with van der Waals surface area (Å²) in [6.45, 7) is 1.31. The summed E-state index contributed by atoms with van der Waals surface area (Å²) in [6.07, 6.45) is 1.61. The van der Waals surface area contributed by atoms with Crippen LogP contribution < -0.4 is 9.47 Å². The topological polar surface area (TPSA) is 48.4 Å². The van der Waals surface area contributed by atoms with Gasteiger partial charge in [-0.1, -0.05) is 17.7 Å². The number of esters is 1. The highest BCUT2D eigenvalue weighted by molar-refractivity contribution is 6.30. The summed E-state index contributed by atoms with van der Waals surface area (Å²) in [5, 5.41) is 0.458. The number of benzene rings is 1. The minimum absolute atomic E-state index is 0.264. The summed E-state index contributed by atoms with van der Waals surface area (Å²) in [6, 6.07) is 10.1. The lowest BCUT2D eigenvalue weighted by atomic mass is 10.3. The van der Waals surface area contributed by atoms with Gasteiger partial charge in [-0.2, -0.15) is 0 Å². The number of rotatable bonds is 3. The molecular formula is C13H10ClNO3. The van der Waals surface area contributed by atoms with Gasteiger partial charge in [-0.3, -0.25) is 4.79 Å². The second-order valence-electron chi connectivity index (χ2n) is 3.45. The molecule has 0 aliphatic rings. The van der Waals surface area contributed by atoms with E-state index in [-0.39, 0.29) is 5.75 Å². The van der Waals surface area contributed by atoms with Crippen molar-refractivity contribution < 1.29 is 14.3 Å². The monoisotopic (exact) mass is 263 g/mol. The van der Waals surface area contributed by atoms with Crippen molar-refractivity contribution in [3.8, 4) is 17.4 Å². The predicted molar refractivity (Wildman–Crippen MR) is 67.1 cm³/mol. The zero-order valence-corrected chi connectivity index (χ0v) is 10.3.